The molecule has 3 nitrogen and oxygen atoms in total. The Hall–Kier alpha value is -3.07. The molecule has 4 rings (SSSR count). The Balaban J connectivity index is 1.81. The van der Waals surface area contributed by atoms with E-state index in [-0.39, 0.29) is 0 Å². The van der Waals surface area contributed by atoms with Crippen LogP contribution >= 0.6 is 0 Å². The Morgan fingerprint density at radius 3 is 2.38 bits per heavy atom. The molecule has 0 radical (unpaired) electrons. The van der Waals surface area contributed by atoms with Crippen LogP contribution in [0.25, 0.3) is 11.6 Å². The number of nitrogens with one attached hydrogen (secondary N) is 1. The lowest BCUT2D eigenvalue weighted by atomic mass is 9.92. The lowest BCUT2D eigenvalue weighted by Gasteiger charge is -2.11. The van der Waals surface area contributed by atoms with Gasteiger partial charge in [0.25, 0.3) is 0 Å². The molecule has 0 saturated heterocycles. The van der Waals surface area contributed by atoms with E-state index in [4.69, 9.17) is 0 Å². The first-order chi connectivity index (χ1) is 13.9. The molecule has 0 heterocycles. The zero-order valence-corrected chi connectivity index (χ0v) is 17.4. The fourth-order valence-corrected chi connectivity index (χ4v) is 4.39. The minimum Gasteiger partial charge on any atom is -0.284 e. The van der Waals surface area contributed by atoms with Gasteiger partial charge in [-0.2, -0.15) is 0 Å². The Morgan fingerprint density at radius 2 is 1.62 bits per heavy atom. The van der Waals surface area contributed by atoms with Crippen LogP contribution in [0.4, 0.5) is 5.69 Å². The van der Waals surface area contributed by atoms with Gasteiger partial charge < -0.3 is 0 Å². The quantitative estimate of drug-likeness (QED) is 0.613. The maximum Gasteiger partial charge on any atom is 0.229 e. The Bertz CT molecular complexity index is 1230. The minimum absolute atomic E-state index is 0.554. The van der Waals surface area contributed by atoms with Crippen molar-refractivity contribution in [3.05, 3.63) is 106 Å². The number of benzene rings is 3. The number of fused-ring (bicyclic) bond motifs is 2. The highest BCUT2D eigenvalue weighted by Gasteiger charge is 2.18. The van der Waals surface area contributed by atoms with Crippen LogP contribution in [-0.4, -0.2) is 14.7 Å². The van der Waals surface area contributed by atoms with Crippen molar-refractivity contribution < 1.29 is 8.42 Å². The van der Waals surface area contributed by atoms with Gasteiger partial charge in [0.15, 0.2) is 0 Å². The summed E-state index contributed by atoms with van der Waals surface area (Å²) in [6.45, 7) is 2.17. The summed E-state index contributed by atoms with van der Waals surface area (Å²) in [5.74, 6) is 0. The third kappa shape index (κ3) is 4.34. The van der Waals surface area contributed by atoms with Crippen LogP contribution in [0, 0.1) is 6.92 Å². The topological polar surface area (TPSA) is 46.2 Å². The molecular formula is C25H23NO2S. The standard InChI is InChI=1S/C25H23NO2S/c1-18-6-5-9-24-22(18)17-13-20-7-3-4-8-23(20)25(24)16-12-19-10-14-21(15-11-19)26-29(2,27)28/h3-12,14-15,26H,13,17H2,1-2H3. The van der Waals surface area contributed by atoms with Crippen molar-refractivity contribution in [1.29, 1.82) is 0 Å². The largest absolute Gasteiger partial charge is 0.284 e. The second-order valence-electron chi connectivity index (χ2n) is 7.42. The molecule has 0 aromatic heterocycles. The summed E-state index contributed by atoms with van der Waals surface area (Å²) in [7, 11) is -3.27. The molecule has 0 atom stereocenters. The molecule has 146 valence electrons. The molecule has 0 spiro atoms. The van der Waals surface area contributed by atoms with Crippen LogP contribution in [0.5, 0.6) is 0 Å². The van der Waals surface area contributed by atoms with Crippen LogP contribution in [0.2, 0.25) is 0 Å². The summed E-state index contributed by atoms with van der Waals surface area (Å²) in [6, 6.07) is 22.3. The normalized spacial score (nSPS) is 13.0. The number of hydrogen-bond acceptors (Lipinski definition) is 2. The number of hydrogen-bond donors (Lipinski definition) is 1. The first-order valence-corrected chi connectivity index (χ1v) is 11.5. The summed E-state index contributed by atoms with van der Waals surface area (Å²) < 4.78 is 25.2. The van der Waals surface area contributed by atoms with Gasteiger partial charge in [0.2, 0.25) is 10.0 Å². The average Bonchev–Trinajstić information content (AvgIpc) is 2.84. The maximum absolute atomic E-state index is 11.4. The van der Waals surface area contributed by atoms with Gasteiger partial charge >= 0.3 is 0 Å². The van der Waals surface area contributed by atoms with E-state index in [1.807, 2.05) is 18.2 Å². The number of sulfonamides is 1. The minimum atomic E-state index is -3.27. The molecule has 0 aliphatic heterocycles. The second-order valence-corrected chi connectivity index (χ2v) is 9.17. The number of aryl methyl sites for hydroxylation is 2. The van der Waals surface area contributed by atoms with Gasteiger partial charge in [-0.25, -0.2) is 8.42 Å². The van der Waals surface area contributed by atoms with Crippen molar-refractivity contribution in [2.75, 3.05) is 11.0 Å². The SMILES string of the molecule is Cc1cccc2c1CCc1ccccc1C2=C=Cc1ccc(NS(C)(=O)=O)cc1. The van der Waals surface area contributed by atoms with E-state index in [2.05, 4.69) is 59.8 Å². The molecule has 3 aromatic carbocycles. The summed E-state index contributed by atoms with van der Waals surface area (Å²) in [4.78, 5) is 0. The van der Waals surface area contributed by atoms with E-state index in [0.29, 0.717) is 5.69 Å². The molecular weight excluding hydrogens is 378 g/mol. The van der Waals surface area contributed by atoms with Gasteiger partial charge in [-0.05, 0) is 71.4 Å². The van der Waals surface area contributed by atoms with Gasteiger partial charge in [0.05, 0.1) is 6.26 Å². The van der Waals surface area contributed by atoms with Crippen LogP contribution in [-0.2, 0) is 22.9 Å². The molecule has 0 unspecified atom stereocenters. The molecule has 4 heteroatoms. The Kier molecular flexibility index (Phi) is 5.14. The highest BCUT2D eigenvalue weighted by Crippen LogP contribution is 2.34. The Labute approximate surface area is 172 Å². The van der Waals surface area contributed by atoms with Crippen molar-refractivity contribution in [1.82, 2.24) is 0 Å². The van der Waals surface area contributed by atoms with E-state index in [1.165, 1.54) is 27.8 Å². The second kappa shape index (κ2) is 7.75. The predicted octanol–water partition coefficient (Wildman–Crippen LogP) is 5.21. The fourth-order valence-electron chi connectivity index (χ4n) is 3.83. The van der Waals surface area contributed by atoms with E-state index < -0.39 is 10.0 Å². The third-order valence-electron chi connectivity index (χ3n) is 5.21. The highest BCUT2D eigenvalue weighted by molar-refractivity contribution is 7.92. The van der Waals surface area contributed by atoms with Crippen molar-refractivity contribution in [2.45, 2.75) is 19.8 Å². The van der Waals surface area contributed by atoms with Crippen LogP contribution in [0.1, 0.15) is 33.4 Å². The first kappa shape index (κ1) is 19.3. The van der Waals surface area contributed by atoms with Gasteiger partial charge in [-0.1, -0.05) is 54.6 Å². The molecule has 29 heavy (non-hydrogen) atoms. The zero-order chi connectivity index (χ0) is 20.4. The molecule has 0 fully saturated rings. The highest BCUT2D eigenvalue weighted by atomic mass is 32.2. The molecule has 0 saturated carbocycles. The zero-order valence-electron chi connectivity index (χ0n) is 16.6. The molecule has 0 amide bonds. The summed E-state index contributed by atoms with van der Waals surface area (Å²) >= 11 is 0. The van der Waals surface area contributed by atoms with Crippen molar-refractivity contribution in [2.24, 2.45) is 0 Å². The smallest absolute Gasteiger partial charge is 0.229 e. The van der Waals surface area contributed by atoms with Crippen LogP contribution in [0.3, 0.4) is 0 Å². The number of rotatable bonds is 3. The van der Waals surface area contributed by atoms with Crippen LogP contribution in [0.15, 0.2) is 72.5 Å². The summed E-state index contributed by atoms with van der Waals surface area (Å²) in [5, 5.41) is 0. The molecule has 3 aromatic rings. The molecule has 1 aliphatic rings. The fraction of sp³-hybridized carbons (Fsp3) is 0.160. The molecule has 1 aliphatic carbocycles. The Morgan fingerprint density at radius 1 is 0.897 bits per heavy atom. The maximum atomic E-state index is 11.4. The van der Waals surface area contributed by atoms with E-state index >= 15 is 0 Å². The van der Waals surface area contributed by atoms with Crippen LogP contribution < -0.4 is 4.72 Å². The first-order valence-electron chi connectivity index (χ1n) is 9.62. The lowest BCUT2D eigenvalue weighted by Crippen LogP contribution is -2.09. The average molecular weight is 402 g/mol. The van der Waals surface area contributed by atoms with Crippen molar-refractivity contribution in [3.8, 4) is 0 Å². The van der Waals surface area contributed by atoms with Gasteiger partial charge in [0, 0.05) is 11.3 Å². The van der Waals surface area contributed by atoms with Crippen molar-refractivity contribution in [3.63, 3.8) is 0 Å². The van der Waals surface area contributed by atoms with Gasteiger partial charge in [-0.3, -0.25) is 4.72 Å². The number of anilines is 1. The molecule has 0 bridgehead atoms. The molecule has 1 N–H and O–H groups in total. The third-order valence-corrected chi connectivity index (χ3v) is 5.81. The van der Waals surface area contributed by atoms with E-state index in [0.717, 1.165) is 30.2 Å². The predicted molar refractivity (Wildman–Crippen MR) is 120 cm³/mol. The van der Waals surface area contributed by atoms with Crippen molar-refractivity contribution >= 4 is 27.4 Å². The van der Waals surface area contributed by atoms with E-state index in [1.54, 1.807) is 12.1 Å². The summed E-state index contributed by atoms with van der Waals surface area (Å²) in [5.41, 5.74) is 12.7. The summed E-state index contributed by atoms with van der Waals surface area (Å²) in [6.07, 6.45) is 5.16. The van der Waals surface area contributed by atoms with Gasteiger partial charge in [0.1, 0.15) is 0 Å². The monoisotopic (exact) mass is 401 g/mol. The van der Waals surface area contributed by atoms with E-state index in [9.17, 15) is 8.42 Å². The van der Waals surface area contributed by atoms with Gasteiger partial charge in [-0.15, -0.1) is 5.73 Å². The lowest BCUT2D eigenvalue weighted by molar-refractivity contribution is 0.607.